The molecule has 0 heterocycles. The highest BCUT2D eigenvalue weighted by Gasteiger charge is 2.22. The number of nitriles is 1. The van der Waals surface area contributed by atoms with Crippen molar-refractivity contribution in [2.24, 2.45) is 5.41 Å². The lowest BCUT2D eigenvalue weighted by Crippen LogP contribution is -2.15. The number of nitrogens with zero attached hydrogens (tertiary/aromatic N) is 1. The average Bonchev–Trinajstić information content (AvgIpc) is 1.81. The molecule has 1 rings (SSSR count). The highest BCUT2D eigenvalue weighted by Crippen LogP contribution is 2.36. The van der Waals surface area contributed by atoms with Gasteiger partial charge in [0.05, 0.1) is 6.07 Å². The Hall–Kier alpha value is -1.03. The van der Waals surface area contributed by atoms with E-state index >= 15 is 0 Å². The fourth-order valence-electron chi connectivity index (χ4n) is 1.88. The van der Waals surface area contributed by atoms with E-state index in [-0.39, 0.29) is 0 Å². The minimum absolute atomic E-state index is 0.454. The molecule has 0 saturated carbocycles. The zero-order chi connectivity index (χ0) is 10.5. The van der Waals surface area contributed by atoms with Gasteiger partial charge in [0.15, 0.2) is 0 Å². The monoisotopic (exact) mass is 177 g/mol. The van der Waals surface area contributed by atoms with Crippen LogP contribution in [0.3, 0.4) is 0 Å². The predicted molar refractivity (Wildman–Crippen MR) is 57.2 cm³/mol. The Morgan fingerprint density at radius 2 is 1.92 bits per heavy atom. The van der Waals surface area contributed by atoms with Crippen LogP contribution in [-0.4, -0.2) is 0 Å². The summed E-state index contributed by atoms with van der Waals surface area (Å²) in [7, 11) is 0. The Morgan fingerprint density at radius 3 is 2.23 bits per heavy atom. The van der Waals surface area contributed by atoms with Crippen LogP contribution in [-0.2, 0) is 0 Å². The summed E-state index contributed by atoms with van der Waals surface area (Å²) < 4.78 is 0. The van der Waals surface area contributed by atoms with Crippen molar-refractivity contribution in [2.75, 3.05) is 0 Å². The Balaban J connectivity index is 0.000000424. The number of hydrogen-bond acceptors (Lipinski definition) is 1. The van der Waals surface area contributed by atoms with Crippen molar-refractivity contribution in [2.45, 2.75) is 40.5 Å². The van der Waals surface area contributed by atoms with Crippen molar-refractivity contribution < 1.29 is 0 Å². The number of hydrogen-bond donors (Lipinski definition) is 0. The molecule has 0 radical (unpaired) electrons. The first kappa shape index (κ1) is 12.0. The molecule has 1 aliphatic carbocycles. The fourth-order valence-corrected chi connectivity index (χ4v) is 1.88. The zero-order valence-corrected chi connectivity index (χ0v) is 9.15. The molecule has 0 unspecified atom stereocenters. The molecule has 0 N–H and O–H groups in total. The third kappa shape index (κ3) is 5.25. The van der Waals surface area contributed by atoms with Gasteiger partial charge in [-0.3, -0.25) is 0 Å². The van der Waals surface area contributed by atoms with Crippen molar-refractivity contribution in [3.05, 3.63) is 23.8 Å². The summed E-state index contributed by atoms with van der Waals surface area (Å²) in [5.74, 6) is 0. The van der Waals surface area contributed by atoms with Crippen LogP contribution in [0.15, 0.2) is 23.8 Å². The first-order valence-corrected chi connectivity index (χ1v) is 4.57. The second-order valence-electron chi connectivity index (χ2n) is 4.39. The summed E-state index contributed by atoms with van der Waals surface area (Å²) in [6.45, 7) is 12.2. The standard InChI is InChI=1S/C10H16.C2H3N/c1-8-5-9(2)7-10(3,4)6-8;1-2-3/h5H,1,6-7H2,2-4H3;1H3. The molecule has 0 aliphatic heterocycles. The summed E-state index contributed by atoms with van der Waals surface area (Å²) in [6.07, 6.45) is 4.60. The Bertz CT molecular complexity index is 251. The average molecular weight is 177 g/mol. The summed E-state index contributed by atoms with van der Waals surface area (Å²) in [5, 5.41) is 7.32. The second-order valence-corrected chi connectivity index (χ2v) is 4.39. The van der Waals surface area contributed by atoms with E-state index in [0.717, 1.165) is 6.42 Å². The SMILES string of the molecule is C=C1C=C(C)CC(C)(C)C1.CC#N. The van der Waals surface area contributed by atoms with E-state index < -0.39 is 0 Å². The van der Waals surface area contributed by atoms with Gasteiger partial charge >= 0.3 is 0 Å². The molecular formula is C12H19N. The van der Waals surface area contributed by atoms with Gasteiger partial charge in [-0.15, -0.1) is 0 Å². The molecule has 0 aromatic rings. The molecular weight excluding hydrogens is 158 g/mol. The lowest BCUT2D eigenvalue weighted by molar-refractivity contribution is 0.352. The quantitative estimate of drug-likeness (QED) is 0.551. The van der Waals surface area contributed by atoms with Gasteiger partial charge in [0.25, 0.3) is 0 Å². The van der Waals surface area contributed by atoms with Gasteiger partial charge in [-0.2, -0.15) is 5.26 Å². The van der Waals surface area contributed by atoms with E-state index in [9.17, 15) is 0 Å². The molecule has 0 bridgehead atoms. The van der Waals surface area contributed by atoms with E-state index in [0.29, 0.717) is 5.41 Å². The molecule has 0 fully saturated rings. The van der Waals surface area contributed by atoms with Crippen molar-refractivity contribution in [1.82, 2.24) is 0 Å². The van der Waals surface area contributed by atoms with Gasteiger partial charge in [-0.1, -0.05) is 37.6 Å². The molecule has 0 atom stereocenters. The topological polar surface area (TPSA) is 23.8 Å². The molecule has 1 heteroatoms. The molecule has 0 aromatic carbocycles. The van der Waals surface area contributed by atoms with Gasteiger partial charge in [0.1, 0.15) is 0 Å². The summed E-state index contributed by atoms with van der Waals surface area (Å²) in [6, 6.07) is 1.75. The van der Waals surface area contributed by atoms with E-state index in [1.807, 2.05) is 0 Å². The Kier molecular flexibility index (Phi) is 4.48. The molecule has 72 valence electrons. The summed E-state index contributed by atoms with van der Waals surface area (Å²) in [4.78, 5) is 0. The highest BCUT2D eigenvalue weighted by atomic mass is 14.3. The minimum atomic E-state index is 0.454. The summed E-state index contributed by atoms with van der Waals surface area (Å²) >= 11 is 0. The van der Waals surface area contributed by atoms with E-state index in [2.05, 4.69) is 33.4 Å². The third-order valence-corrected chi connectivity index (χ3v) is 1.91. The predicted octanol–water partition coefficient (Wildman–Crippen LogP) is 3.84. The van der Waals surface area contributed by atoms with Crippen LogP contribution in [0.4, 0.5) is 0 Å². The lowest BCUT2D eigenvalue weighted by atomic mass is 9.76. The molecule has 13 heavy (non-hydrogen) atoms. The van der Waals surface area contributed by atoms with Gasteiger partial charge in [-0.05, 0) is 25.2 Å². The first-order valence-electron chi connectivity index (χ1n) is 4.57. The van der Waals surface area contributed by atoms with Crippen molar-refractivity contribution >= 4 is 0 Å². The van der Waals surface area contributed by atoms with Crippen LogP contribution in [0.2, 0.25) is 0 Å². The Morgan fingerprint density at radius 1 is 1.46 bits per heavy atom. The van der Waals surface area contributed by atoms with E-state index in [1.165, 1.54) is 24.5 Å². The van der Waals surface area contributed by atoms with Gasteiger partial charge < -0.3 is 0 Å². The van der Waals surface area contributed by atoms with E-state index in [1.54, 1.807) is 6.07 Å². The summed E-state index contributed by atoms with van der Waals surface area (Å²) in [5.41, 5.74) is 3.21. The van der Waals surface area contributed by atoms with Crippen LogP contribution in [0.5, 0.6) is 0 Å². The van der Waals surface area contributed by atoms with Crippen molar-refractivity contribution in [3.63, 3.8) is 0 Å². The molecule has 0 spiro atoms. The minimum Gasteiger partial charge on any atom is -0.199 e. The molecule has 1 nitrogen and oxygen atoms in total. The first-order chi connectivity index (χ1) is 5.91. The largest absolute Gasteiger partial charge is 0.199 e. The van der Waals surface area contributed by atoms with Crippen LogP contribution < -0.4 is 0 Å². The maximum Gasteiger partial charge on any atom is 0.0587 e. The highest BCUT2D eigenvalue weighted by molar-refractivity contribution is 5.25. The van der Waals surface area contributed by atoms with Gasteiger partial charge in [0.2, 0.25) is 0 Å². The molecule has 0 amide bonds. The number of allylic oxidation sites excluding steroid dienone is 3. The van der Waals surface area contributed by atoms with Gasteiger partial charge in [-0.25, -0.2) is 0 Å². The van der Waals surface area contributed by atoms with Crippen LogP contribution in [0.1, 0.15) is 40.5 Å². The smallest absolute Gasteiger partial charge is 0.0587 e. The van der Waals surface area contributed by atoms with Crippen LogP contribution in [0, 0.1) is 16.7 Å². The van der Waals surface area contributed by atoms with E-state index in [4.69, 9.17) is 5.26 Å². The normalized spacial score (nSPS) is 19.3. The van der Waals surface area contributed by atoms with Crippen molar-refractivity contribution in [1.29, 1.82) is 5.26 Å². The second kappa shape index (κ2) is 4.87. The lowest BCUT2D eigenvalue weighted by Gasteiger charge is -2.29. The molecule has 0 aromatic heterocycles. The van der Waals surface area contributed by atoms with Crippen LogP contribution >= 0.6 is 0 Å². The van der Waals surface area contributed by atoms with Crippen LogP contribution in [0.25, 0.3) is 0 Å². The van der Waals surface area contributed by atoms with Gasteiger partial charge in [0, 0.05) is 6.92 Å². The van der Waals surface area contributed by atoms with Crippen molar-refractivity contribution in [3.8, 4) is 6.07 Å². The zero-order valence-electron chi connectivity index (χ0n) is 9.15. The maximum atomic E-state index is 7.32. The molecule has 1 aliphatic rings. The Labute approximate surface area is 81.8 Å². The number of rotatable bonds is 0. The maximum absolute atomic E-state index is 7.32. The third-order valence-electron chi connectivity index (χ3n) is 1.91. The fraction of sp³-hybridized carbons (Fsp3) is 0.583. The molecule has 0 saturated heterocycles.